The van der Waals surface area contributed by atoms with Crippen LogP contribution in [0.5, 0.6) is 0 Å². The largest absolute Gasteiger partial charge is 0.456 e. The van der Waals surface area contributed by atoms with Crippen molar-refractivity contribution in [3.8, 4) is 27.9 Å². The smallest absolute Gasteiger partial charge is 0.136 e. The van der Waals surface area contributed by atoms with Gasteiger partial charge in [0.2, 0.25) is 0 Å². The van der Waals surface area contributed by atoms with E-state index in [4.69, 9.17) is 4.42 Å². The average Bonchev–Trinajstić information content (AvgIpc) is 3.97. The van der Waals surface area contributed by atoms with Crippen LogP contribution in [0.4, 0.5) is 17.1 Å². The summed E-state index contributed by atoms with van der Waals surface area (Å²) in [5.41, 5.74) is 17.1. The first kappa shape index (κ1) is 35.6. The van der Waals surface area contributed by atoms with Gasteiger partial charge in [-0.3, -0.25) is 0 Å². The molecular formula is C60H40N2O. The van der Waals surface area contributed by atoms with Crippen molar-refractivity contribution in [2.75, 3.05) is 4.90 Å². The summed E-state index contributed by atoms with van der Waals surface area (Å²) >= 11 is 0. The summed E-state index contributed by atoms with van der Waals surface area (Å²) in [6.07, 6.45) is 0. The van der Waals surface area contributed by atoms with E-state index in [-0.39, 0.29) is 5.41 Å². The minimum absolute atomic E-state index is 0.334. The number of hydrogen-bond acceptors (Lipinski definition) is 2. The minimum atomic E-state index is -0.334. The first-order chi connectivity index (χ1) is 31.1. The van der Waals surface area contributed by atoms with Crippen molar-refractivity contribution in [2.45, 2.75) is 12.3 Å². The maximum absolute atomic E-state index is 6.39. The van der Waals surface area contributed by atoms with Gasteiger partial charge in [-0.25, -0.2) is 0 Å². The second-order valence-corrected chi connectivity index (χ2v) is 17.0. The first-order valence-corrected chi connectivity index (χ1v) is 21.7. The summed E-state index contributed by atoms with van der Waals surface area (Å²) < 4.78 is 8.78. The zero-order valence-electron chi connectivity index (χ0n) is 34.7. The highest BCUT2D eigenvalue weighted by Crippen LogP contribution is 2.56. The molecule has 296 valence electrons. The van der Waals surface area contributed by atoms with Crippen molar-refractivity contribution < 1.29 is 4.42 Å². The van der Waals surface area contributed by atoms with Crippen molar-refractivity contribution >= 4 is 71.6 Å². The summed E-state index contributed by atoms with van der Waals surface area (Å²) in [5, 5.41) is 7.19. The molecule has 1 atom stereocenters. The molecule has 63 heavy (non-hydrogen) atoms. The normalized spacial score (nSPS) is 14.5. The van der Waals surface area contributed by atoms with Gasteiger partial charge in [0.05, 0.1) is 11.0 Å². The fourth-order valence-electron chi connectivity index (χ4n) is 10.6. The Labute approximate surface area is 365 Å². The number of benzene rings is 10. The van der Waals surface area contributed by atoms with Crippen molar-refractivity contribution in [3.63, 3.8) is 0 Å². The molecule has 2 heterocycles. The molecule has 0 aliphatic heterocycles. The topological polar surface area (TPSA) is 21.3 Å². The van der Waals surface area contributed by atoms with Crippen LogP contribution in [0.25, 0.3) is 82.5 Å². The lowest BCUT2D eigenvalue weighted by Crippen LogP contribution is -2.22. The zero-order valence-corrected chi connectivity index (χ0v) is 34.7. The molecule has 0 saturated carbocycles. The molecule has 0 saturated heterocycles. The molecule has 1 aliphatic carbocycles. The second kappa shape index (κ2) is 13.7. The lowest BCUT2D eigenvalue weighted by atomic mass is 9.74. The highest BCUT2D eigenvalue weighted by atomic mass is 16.3. The molecule has 10 aromatic carbocycles. The van der Waals surface area contributed by atoms with Crippen LogP contribution in [0.3, 0.4) is 0 Å². The molecule has 0 radical (unpaired) electrons. The van der Waals surface area contributed by atoms with Crippen LogP contribution >= 0.6 is 0 Å². The standard InChI is InChI=1S/C60H40N2O/c1-60(42-17-5-2-6-18-42)53-32-28-40(35-52(53)59-50-38-51-49-25-12-14-27-57(49)63-58(51)36-41(50)29-33-54(59)60)39-16-15-23-45(34-39)61(43-19-7-3-8-20-43)46-30-31-48-47-24-11-13-26-55(47)62(56(48)37-46)44-21-9-4-10-22-44/h2-38H,1H3/t60-/m1/s1. The van der Waals surface area contributed by atoms with E-state index in [0.717, 1.165) is 50.3 Å². The third-order valence-corrected chi connectivity index (χ3v) is 13.6. The molecule has 0 N–H and O–H groups in total. The monoisotopic (exact) mass is 804 g/mol. The van der Waals surface area contributed by atoms with Gasteiger partial charge in [-0.2, -0.15) is 0 Å². The van der Waals surface area contributed by atoms with Gasteiger partial charge < -0.3 is 13.9 Å². The predicted molar refractivity (Wildman–Crippen MR) is 263 cm³/mol. The SMILES string of the molecule is C[C@@]1(c2ccccc2)c2ccc(-c3cccc(N(c4ccccc4)c4ccc5c6ccccc6n(-c6ccccc6)c5c4)c3)cc2-c2c1ccc1cc3oc4ccccc4c3cc21. The van der Waals surface area contributed by atoms with Gasteiger partial charge in [0.25, 0.3) is 0 Å². The van der Waals surface area contributed by atoms with Crippen molar-refractivity contribution in [3.05, 3.63) is 241 Å². The molecular weight excluding hydrogens is 765 g/mol. The van der Waals surface area contributed by atoms with E-state index >= 15 is 0 Å². The lowest BCUT2D eigenvalue weighted by Gasteiger charge is -2.28. The fraction of sp³-hybridized carbons (Fsp3) is 0.0333. The molecule has 2 aromatic heterocycles. The predicted octanol–water partition coefficient (Wildman–Crippen LogP) is 16.3. The summed E-state index contributed by atoms with van der Waals surface area (Å²) in [4.78, 5) is 2.39. The van der Waals surface area contributed by atoms with Crippen LogP contribution in [0.2, 0.25) is 0 Å². The Kier molecular flexibility index (Phi) is 7.73. The maximum atomic E-state index is 6.39. The van der Waals surface area contributed by atoms with Gasteiger partial charge in [0.1, 0.15) is 11.2 Å². The number of para-hydroxylation sites is 4. The molecule has 0 spiro atoms. The van der Waals surface area contributed by atoms with Gasteiger partial charge in [-0.15, -0.1) is 0 Å². The average molecular weight is 805 g/mol. The van der Waals surface area contributed by atoms with Gasteiger partial charge >= 0.3 is 0 Å². The van der Waals surface area contributed by atoms with E-state index in [0.29, 0.717) is 0 Å². The number of anilines is 3. The van der Waals surface area contributed by atoms with Gasteiger partial charge in [0, 0.05) is 49.7 Å². The molecule has 3 heteroatoms. The van der Waals surface area contributed by atoms with E-state index in [1.54, 1.807) is 0 Å². The molecule has 0 fully saturated rings. The first-order valence-electron chi connectivity index (χ1n) is 21.7. The highest BCUT2D eigenvalue weighted by molar-refractivity contribution is 6.15. The summed E-state index contributed by atoms with van der Waals surface area (Å²) in [7, 11) is 0. The van der Waals surface area contributed by atoms with E-state index in [9.17, 15) is 0 Å². The third-order valence-electron chi connectivity index (χ3n) is 13.6. The number of aromatic nitrogens is 1. The number of furan rings is 1. The summed E-state index contributed by atoms with van der Waals surface area (Å²) in [6, 6.07) is 81.8. The Morgan fingerprint density at radius 1 is 0.413 bits per heavy atom. The van der Waals surface area contributed by atoms with Crippen molar-refractivity contribution in [2.24, 2.45) is 0 Å². The van der Waals surface area contributed by atoms with E-state index < -0.39 is 0 Å². The van der Waals surface area contributed by atoms with Crippen LogP contribution in [-0.4, -0.2) is 4.57 Å². The van der Waals surface area contributed by atoms with Crippen LogP contribution in [0.1, 0.15) is 23.6 Å². The minimum Gasteiger partial charge on any atom is -0.456 e. The molecule has 13 rings (SSSR count). The quantitative estimate of drug-likeness (QED) is 0.167. The third kappa shape index (κ3) is 5.33. The number of rotatable bonds is 6. The fourth-order valence-corrected chi connectivity index (χ4v) is 10.6. The molecule has 3 nitrogen and oxygen atoms in total. The molecule has 0 bridgehead atoms. The number of fused-ring (bicyclic) bond motifs is 11. The Morgan fingerprint density at radius 3 is 1.92 bits per heavy atom. The maximum Gasteiger partial charge on any atom is 0.136 e. The second-order valence-electron chi connectivity index (χ2n) is 17.0. The molecule has 0 amide bonds. The van der Waals surface area contributed by atoms with Crippen LogP contribution in [0, 0.1) is 0 Å². The van der Waals surface area contributed by atoms with Crippen molar-refractivity contribution in [1.82, 2.24) is 4.57 Å². The number of hydrogen-bond donors (Lipinski definition) is 0. The Morgan fingerprint density at radius 2 is 1.08 bits per heavy atom. The van der Waals surface area contributed by atoms with Gasteiger partial charge in [0.15, 0.2) is 0 Å². The number of nitrogens with zero attached hydrogens (tertiary/aromatic N) is 2. The van der Waals surface area contributed by atoms with Crippen molar-refractivity contribution in [1.29, 1.82) is 0 Å². The zero-order chi connectivity index (χ0) is 41.6. The van der Waals surface area contributed by atoms with Crippen LogP contribution in [-0.2, 0) is 5.41 Å². The summed E-state index contributed by atoms with van der Waals surface area (Å²) in [6.45, 7) is 2.40. The van der Waals surface area contributed by atoms with Gasteiger partial charge in [-0.1, -0.05) is 146 Å². The Bertz CT molecular complexity index is 3750. The Balaban J connectivity index is 0.998. The highest BCUT2D eigenvalue weighted by Gasteiger charge is 2.41. The van der Waals surface area contributed by atoms with Gasteiger partial charge in [-0.05, 0) is 136 Å². The van der Waals surface area contributed by atoms with E-state index in [1.807, 2.05) is 6.07 Å². The van der Waals surface area contributed by atoms with Crippen LogP contribution < -0.4 is 4.90 Å². The Hall–Kier alpha value is -8.14. The van der Waals surface area contributed by atoms with E-state index in [2.05, 4.69) is 235 Å². The van der Waals surface area contributed by atoms with Crippen LogP contribution in [0.15, 0.2) is 229 Å². The molecule has 12 aromatic rings. The molecule has 1 aliphatic rings. The molecule has 0 unspecified atom stereocenters. The lowest BCUT2D eigenvalue weighted by molar-refractivity contribution is 0.669. The van der Waals surface area contributed by atoms with E-state index in [1.165, 1.54) is 66.0 Å². The summed E-state index contributed by atoms with van der Waals surface area (Å²) in [5.74, 6) is 0.